The van der Waals surface area contributed by atoms with E-state index in [9.17, 15) is 13.2 Å². The molecule has 328 valence electrons. The molecule has 5 aliphatic heterocycles. The number of likely N-dealkylation sites (tertiary alicyclic amines) is 1. The number of carbonyl (C=O) groups is 1. The second-order valence-electron chi connectivity index (χ2n) is 19.6. The summed E-state index contributed by atoms with van der Waals surface area (Å²) in [6.07, 6.45) is 18.2. The van der Waals surface area contributed by atoms with Crippen molar-refractivity contribution in [3.05, 3.63) is 70.3 Å². The number of nitrogens with zero attached hydrogens (tertiary/aromatic N) is 4. The van der Waals surface area contributed by atoms with Crippen molar-refractivity contribution in [3.8, 4) is 5.75 Å². The molecule has 2 aromatic rings. The summed E-state index contributed by atoms with van der Waals surface area (Å²) in [5.41, 5.74) is 3.00. The molecule has 7 atom stereocenters. The van der Waals surface area contributed by atoms with Crippen LogP contribution in [-0.2, 0) is 26.6 Å². The van der Waals surface area contributed by atoms with Crippen molar-refractivity contribution in [1.29, 1.82) is 0 Å². The molecule has 12 heteroatoms. The number of methoxy groups -OCH3 is 1. The molecule has 3 saturated heterocycles. The number of anilines is 1. The van der Waals surface area contributed by atoms with Crippen LogP contribution in [-0.4, -0.2) is 125 Å². The number of benzene rings is 2. The summed E-state index contributed by atoms with van der Waals surface area (Å²) in [7, 11) is -2.13. The first-order valence-electron chi connectivity index (χ1n) is 23.3. The Morgan fingerprint density at radius 1 is 0.933 bits per heavy atom. The second kappa shape index (κ2) is 17.8. The summed E-state index contributed by atoms with van der Waals surface area (Å²) in [4.78, 5) is 24.4. The molecule has 1 spiro atoms. The zero-order valence-electron chi connectivity index (χ0n) is 36.1. The van der Waals surface area contributed by atoms with Crippen LogP contribution >= 0.6 is 11.6 Å². The van der Waals surface area contributed by atoms with Crippen LogP contribution in [0.3, 0.4) is 0 Å². The van der Waals surface area contributed by atoms with Crippen LogP contribution in [0.15, 0.2) is 48.6 Å². The number of carbonyl (C=O) groups excluding carboxylic acids is 1. The number of ether oxygens (including phenoxy) is 2. The highest BCUT2D eigenvalue weighted by atomic mass is 35.5. The predicted octanol–water partition coefficient (Wildman–Crippen LogP) is 7.29. The van der Waals surface area contributed by atoms with Crippen LogP contribution in [0.25, 0.3) is 0 Å². The minimum atomic E-state index is -4.04. The molecule has 60 heavy (non-hydrogen) atoms. The fourth-order valence-corrected chi connectivity index (χ4v) is 14.3. The van der Waals surface area contributed by atoms with Crippen LogP contribution in [0.1, 0.15) is 105 Å². The standard InChI is InChI=1S/C48H68ClN5O5S/c1-35-10-8-21-48(58-2,33-52-26-27-53-24-7-4-12-40(53)31-52)42-16-13-38(42)30-54-32-47(20-9-11-36-28-39(49)15-17-41(36)47)34-59-44-18-14-37(29-43(44)54)46(55)50-60(56,57)45(35)19-25-51-22-5-3-6-23-51/h8,14-15,17-18,21,28-29,35,38,40,42,45H,3-7,9-13,16,19-20,22-27,30-34H2,1-2H3,(H,50,55)/b21-8+/t35-,38-,40+,42+,45+,47-,48-/m0/s1. The first kappa shape index (κ1) is 42.6. The molecule has 0 unspecified atom stereocenters. The summed E-state index contributed by atoms with van der Waals surface area (Å²) in [6, 6.07) is 12.5. The van der Waals surface area contributed by atoms with Gasteiger partial charge >= 0.3 is 0 Å². The van der Waals surface area contributed by atoms with E-state index in [-0.39, 0.29) is 17.3 Å². The molecule has 1 amide bonds. The lowest BCUT2D eigenvalue weighted by atomic mass is 9.63. The smallest absolute Gasteiger partial charge is 0.264 e. The Bertz CT molecular complexity index is 2010. The number of amides is 1. The summed E-state index contributed by atoms with van der Waals surface area (Å²) >= 11 is 6.56. The highest BCUT2D eigenvalue weighted by Crippen LogP contribution is 2.49. The third-order valence-electron chi connectivity index (χ3n) is 15.9. The number of halogens is 1. The average molecular weight is 863 g/mol. The normalized spacial score (nSPS) is 34.5. The lowest BCUT2D eigenvalue weighted by Gasteiger charge is -2.53. The maximum atomic E-state index is 14.5. The van der Waals surface area contributed by atoms with E-state index >= 15 is 0 Å². The molecular formula is C48H68ClN5O5S. The minimum Gasteiger partial charge on any atom is -0.490 e. The molecule has 2 bridgehead atoms. The zero-order chi connectivity index (χ0) is 41.5. The van der Waals surface area contributed by atoms with Crippen molar-refractivity contribution in [3.63, 3.8) is 0 Å². The topological polar surface area (TPSA) is 94.7 Å². The fourth-order valence-electron chi connectivity index (χ4n) is 12.4. The maximum absolute atomic E-state index is 14.5. The van der Waals surface area contributed by atoms with E-state index in [4.69, 9.17) is 21.1 Å². The van der Waals surface area contributed by atoms with Gasteiger partial charge in [0, 0.05) is 68.4 Å². The van der Waals surface area contributed by atoms with E-state index in [2.05, 4.69) is 48.6 Å². The van der Waals surface area contributed by atoms with Gasteiger partial charge in [-0.25, -0.2) is 13.1 Å². The van der Waals surface area contributed by atoms with Gasteiger partial charge in [-0.2, -0.15) is 0 Å². The highest BCUT2D eigenvalue weighted by molar-refractivity contribution is 7.90. The number of allylic oxidation sites excluding steroid dienone is 1. The molecule has 7 aliphatic rings. The van der Waals surface area contributed by atoms with Crippen molar-refractivity contribution in [2.75, 3.05) is 84.1 Å². The predicted molar refractivity (Wildman–Crippen MR) is 240 cm³/mol. The number of fused-ring (bicyclic) bond motifs is 5. The lowest BCUT2D eigenvalue weighted by Crippen LogP contribution is -2.61. The van der Waals surface area contributed by atoms with Crippen molar-refractivity contribution in [2.45, 2.75) is 113 Å². The second-order valence-corrected chi connectivity index (χ2v) is 22.0. The van der Waals surface area contributed by atoms with Crippen LogP contribution in [0.2, 0.25) is 5.02 Å². The molecule has 0 aromatic heterocycles. The van der Waals surface area contributed by atoms with Gasteiger partial charge in [-0.15, -0.1) is 0 Å². The number of piperidine rings is 2. The van der Waals surface area contributed by atoms with Crippen molar-refractivity contribution in [1.82, 2.24) is 19.4 Å². The molecule has 0 radical (unpaired) electrons. The third-order valence-corrected chi connectivity index (χ3v) is 18.1. The van der Waals surface area contributed by atoms with Crippen LogP contribution in [0.5, 0.6) is 5.75 Å². The summed E-state index contributed by atoms with van der Waals surface area (Å²) in [5.74, 6) is 0.577. The highest BCUT2D eigenvalue weighted by Gasteiger charge is 2.50. The Balaban J connectivity index is 1.10. The molecule has 1 saturated carbocycles. The van der Waals surface area contributed by atoms with E-state index in [0.717, 1.165) is 114 Å². The van der Waals surface area contributed by atoms with Crippen molar-refractivity contribution >= 4 is 33.2 Å². The summed E-state index contributed by atoms with van der Waals surface area (Å²) in [5, 5.41) is 0.0302. The van der Waals surface area contributed by atoms with Crippen molar-refractivity contribution in [2.24, 2.45) is 17.8 Å². The summed E-state index contributed by atoms with van der Waals surface area (Å²) < 4.78 is 45.2. The van der Waals surface area contributed by atoms with E-state index in [1.807, 2.05) is 32.2 Å². The molecule has 5 heterocycles. The average Bonchev–Trinajstić information content (AvgIpc) is 3.38. The fraction of sp³-hybridized carbons (Fsp3) is 0.688. The molecule has 9 rings (SSSR count). The Kier molecular flexibility index (Phi) is 12.7. The van der Waals surface area contributed by atoms with Crippen molar-refractivity contribution < 1.29 is 22.7 Å². The van der Waals surface area contributed by atoms with Crippen LogP contribution in [0, 0.1) is 17.8 Å². The van der Waals surface area contributed by atoms with E-state index in [0.29, 0.717) is 43.5 Å². The molecular weight excluding hydrogens is 794 g/mol. The zero-order valence-corrected chi connectivity index (χ0v) is 37.7. The first-order valence-corrected chi connectivity index (χ1v) is 25.3. The van der Waals surface area contributed by atoms with Gasteiger partial charge in [0.1, 0.15) is 11.4 Å². The van der Waals surface area contributed by atoms with Crippen LogP contribution in [0.4, 0.5) is 5.69 Å². The van der Waals surface area contributed by atoms with Gasteiger partial charge in [-0.1, -0.05) is 49.6 Å². The number of hydrogen-bond donors (Lipinski definition) is 1. The minimum absolute atomic E-state index is 0.206. The van der Waals surface area contributed by atoms with E-state index in [1.165, 1.54) is 43.4 Å². The van der Waals surface area contributed by atoms with Gasteiger partial charge in [-0.3, -0.25) is 14.6 Å². The number of nitrogens with one attached hydrogen (secondary N) is 1. The monoisotopic (exact) mass is 861 g/mol. The van der Waals surface area contributed by atoms with E-state index < -0.39 is 26.8 Å². The molecule has 10 nitrogen and oxygen atoms in total. The largest absolute Gasteiger partial charge is 0.490 e. The van der Waals surface area contributed by atoms with Crippen LogP contribution < -0.4 is 14.4 Å². The number of aryl methyl sites for hydroxylation is 1. The molecule has 1 N–H and O–H groups in total. The molecule has 4 fully saturated rings. The summed E-state index contributed by atoms with van der Waals surface area (Å²) in [6.45, 7) is 12.0. The van der Waals surface area contributed by atoms with Gasteiger partial charge in [-0.05, 0) is 156 Å². The Morgan fingerprint density at radius 3 is 2.60 bits per heavy atom. The lowest BCUT2D eigenvalue weighted by molar-refractivity contribution is -0.100. The van der Waals surface area contributed by atoms with Gasteiger partial charge < -0.3 is 19.3 Å². The van der Waals surface area contributed by atoms with Gasteiger partial charge in [0.15, 0.2) is 0 Å². The Hall–Kier alpha value is -2.67. The Morgan fingerprint density at radius 2 is 1.78 bits per heavy atom. The quantitative estimate of drug-likeness (QED) is 0.301. The molecule has 2 aromatic carbocycles. The van der Waals surface area contributed by atoms with Gasteiger partial charge in [0.25, 0.3) is 5.91 Å². The van der Waals surface area contributed by atoms with E-state index in [1.54, 1.807) is 6.07 Å². The third kappa shape index (κ3) is 8.66. The van der Waals surface area contributed by atoms with Gasteiger partial charge in [0.05, 0.1) is 17.5 Å². The SMILES string of the molecule is CO[C@]1(CN2CCN3CCCC[C@@H]3C2)/C=C/C[C@H](C)[C@@H](CCN2CCCCC2)S(=O)(=O)NC(=O)c2ccc3c(c2)N(C[C@@H]2CC[C@H]21)C[C@@]1(CCCc2cc(Cl)ccc21)CO3. The number of sulfonamides is 1. The maximum Gasteiger partial charge on any atom is 0.264 e. The molecule has 2 aliphatic carbocycles. The number of hydrogen-bond acceptors (Lipinski definition) is 9. The Labute approximate surface area is 364 Å². The number of piperazine rings is 1. The number of rotatable bonds is 6. The van der Waals surface area contributed by atoms with Gasteiger partial charge in [0.2, 0.25) is 10.0 Å². The first-order chi connectivity index (χ1) is 29.0.